The molecule has 33 heavy (non-hydrogen) atoms. The minimum atomic E-state index is -0.562. The summed E-state index contributed by atoms with van der Waals surface area (Å²) in [5.41, 5.74) is 1.79. The number of para-hydroxylation sites is 1. The van der Waals surface area contributed by atoms with Crippen molar-refractivity contribution in [2.45, 2.75) is 25.0 Å². The predicted octanol–water partition coefficient (Wildman–Crippen LogP) is 4.94. The van der Waals surface area contributed by atoms with E-state index in [9.17, 15) is 14.9 Å². The van der Waals surface area contributed by atoms with Crippen LogP contribution in [-0.2, 0) is 4.74 Å². The highest BCUT2D eigenvalue weighted by molar-refractivity contribution is 5.91. The van der Waals surface area contributed by atoms with Crippen molar-refractivity contribution in [1.29, 1.82) is 0 Å². The molecule has 3 aromatic rings. The van der Waals surface area contributed by atoms with Crippen LogP contribution in [0, 0.1) is 22.0 Å². The smallest absolute Gasteiger partial charge is 0.339 e. The third-order valence-electron chi connectivity index (χ3n) is 7.02. The van der Waals surface area contributed by atoms with E-state index in [0.29, 0.717) is 11.8 Å². The summed E-state index contributed by atoms with van der Waals surface area (Å²) in [6, 6.07) is 15.5. The lowest BCUT2D eigenvalue weighted by molar-refractivity contribution is -0.384. The van der Waals surface area contributed by atoms with E-state index < -0.39 is 17.0 Å². The molecule has 0 saturated carbocycles. The van der Waals surface area contributed by atoms with Crippen molar-refractivity contribution < 1.29 is 14.5 Å². The van der Waals surface area contributed by atoms with Crippen LogP contribution in [0.4, 0.5) is 5.69 Å². The lowest BCUT2D eigenvalue weighted by Crippen LogP contribution is -2.55. The fraction of sp³-hybridized carbons (Fsp3) is 0.308. The van der Waals surface area contributed by atoms with Crippen LogP contribution in [0.1, 0.15) is 34.9 Å². The first-order chi connectivity index (χ1) is 16.0. The van der Waals surface area contributed by atoms with E-state index in [2.05, 4.69) is 16.5 Å². The van der Waals surface area contributed by atoms with Gasteiger partial charge >= 0.3 is 5.97 Å². The lowest BCUT2D eigenvalue weighted by atomic mass is 9.73. The van der Waals surface area contributed by atoms with Gasteiger partial charge in [-0.3, -0.25) is 20.0 Å². The Morgan fingerprint density at radius 2 is 2.09 bits per heavy atom. The van der Waals surface area contributed by atoms with Gasteiger partial charge in [-0.15, -0.1) is 6.58 Å². The third kappa shape index (κ3) is 4.00. The Bertz CT molecular complexity index is 1220. The van der Waals surface area contributed by atoms with Crippen molar-refractivity contribution in [2.24, 2.45) is 11.8 Å². The number of hydrogen-bond donors (Lipinski definition) is 0. The van der Waals surface area contributed by atoms with Gasteiger partial charge < -0.3 is 4.74 Å². The van der Waals surface area contributed by atoms with Crippen LogP contribution in [0.3, 0.4) is 0 Å². The zero-order valence-corrected chi connectivity index (χ0v) is 18.2. The summed E-state index contributed by atoms with van der Waals surface area (Å²) in [7, 11) is 0. The predicted molar refractivity (Wildman–Crippen MR) is 125 cm³/mol. The maximum absolute atomic E-state index is 13.2. The third-order valence-corrected chi connectivity index (χ3v) is 7.02. The molecule has 6 rings (SSSR count). The molecule has 3 aliphatic heterocycles. The fourth-order valence-electron chi connectivity index (χ4n) is 5.34. The van der Waals surface area contributed by atoms with Gasteiger partial charge in [0.1, 0.15) is 6.10 Å². The Hall–Kier alpha value is -3.58. The maximum atomic E-state index is 13.2. The van der Waals surface area contributed by atoms with Crippen molar-refractivity contribution in [3.8, 4) is 0 Å². The number of hydrogen-bond acceptors (Lipinski definition) is 6. The summed E-state index contributed by atoms with van der Waals surface area (Å²) in [5.74, 6) is 0.384. The van der Waals surface area contributed by atoms with Gasteiger partial charge in [0.25, 0.3) is 5.69 Å². The summed E-state index contributed by atoms with van der Waals surface area (Å²) in [5, 5.41) is 12.1. The topological polar surface area (TPSA) is 85.6 Å². The van der Waals surface area contributed by atoms with Gasteiger partial charge in [0.05, 0.1) is 22.0 Å². The van der Waals surface area contributed by atoms with Crippen molar-refractivity contribution in [3.05, 3.63) is 94.7 Å². The Balaban J connectivity index is 1.53. The minimum Gasteiger partial charge on any atom is -0.452 e. The van der Waals surface area contributed by atoms with E-state index in [1.54, 1.807) is 12.3 Å². The second kappa shape index (κ2) is 8.75. The van der Waals surface area contributed by atoms with Crippen LogP contribution in [0.15, 0.2) is 73.4 Å². The first kappa shape index (κ1) is 21.3. The molecule has 0 radical (unpaired) electrons. The van der Waals surface area contributed by atoms with Crippen molar-refractivity contribution in [2.75, 3.05) is 13.1 Å². The number of aromatic nitrogens is 1. The van der Waals surface area contributed by atoms with Crippen molar-refractivity contribution >= 4 is 22.6 Å². The fourth-order valence-corrected chi connectivity index (χ4v) is 5.34. The number of carbonyl (C=O) groups excluding carboxylic acids is 1. The first-order valence-corrected chi connectivity index (χ1v) is 11.2. The molecule has 2 bridgehead atoms. The van der Waals surface area contributed by atoms with Gasteiger partial charge in [0, 0.05) is 35.8 Å². The van der Waals surface area contributed by atoms with Crippen LogP contribution in [0.2, 0.25) is 0 Å². The zero-order valence-electron chi connectivity index (χ0n) is 18.2. The number of rotatable bonds is 6. The highest BCUT2D eigenvalue weighted by Gasteiger charge is 2.44. The van der Waals surface area contributed by atoms with E-state index in [1.807, 2.05) is 36.4 Å². The van der Waals surface area contributed by atoms with E-state index in [1.165, 1.54) is 18.2 Å². The number of fused-ring (bicyclic) bond motifs is 4. The van der Waals surface area contributed by atoms with Gasteiger partial charge in [0.15, 0.2) is 0 Å². The monoisotopic (exact) mass is 443 g/mol. The number of esters is 1. The second-order valence-corrected chi connectivity index (χ2v) is 8.80. The summed E-state index contributed by atoms with van der Waals surface area (Å²) in [6.07, 6.45) is 5.28. The summed E-state index contributed by atoms with van der Waals surface area (Å²) >= 11 is 0. The Morgan fingerprint density at radius 1 is 1.24 bits per heavy atom. The number of ether oxygens (including phenoxy) is 1. The molecule has 1 aromatic heterocycles. The molecule has 1 unspecified atom stereocenters. The second-order valence-electron chi connectivity index (χ2n) is 8.80. The molecule has 3 fully saturated rings. The van der Waals surface area contributed by atoms with E-state index in [-0.39, 0.29) is 17.3 Å². The van der Waals surface area contributed by atoms with Crippen LogP contribution in [0.5, 0.6) is 0 Å². The largest absolute Gasteiger partial charge is 0.452 e. The van der Waals surface area contributed by atoms with Crippen LogP contribution >= 0.6 is 0 Å². The standard InChI is InChI=1S/C26H25N3O4/c1-2-17-16-28-13-11-18(17)15-24(28)25(22-10-12-27-23-9-4-3-8-21(22)23)33-26(30)19-6-5-7-20(14-19)29(31)32/h2-10,12,14,17-18,24-25H,1,11,13,15-16H2/t17-,18+,24+,25-/m0/s1. The van der Waals surface area contributed by atoms with Gasteiger partial charge in [-0.2, -0.15) is 0 Å². The normalized spacial score (nSPS) is 24.8. The molecule has 7 heteroatoms. The molecule has 4 heterocycles. The van der Waals surface area contributed by atoms with E-state index >= 15 is 0 Å². The Kier molecular flexibility index (Phi) is 5.64. The lowest BCUT2D eigenvalue weighted by Gasteiger charge is -2.51. The first-order valence-electron chi connectivity index (χ1n) is 11.2. The summed E-state index contributed by atoms with van der Waals surface area (Å²) < 4.78 is 6.17. The summed E-state index contributed by atoms with van der Waals surface area (Å²) in [6.45, 7) is 5.85. The Labute approximate surface area is 191 Å². The van der Waals surface area contributed by atoms with Gasteiger partial charge in [-0.1, -0.05) is 30.3 Å². The number of nitro benzene ring substituents is 1. The maximum Gasteiger partial charge on any atom is 0.339 e. The molecule has 0 spiro atoms. The van der Waals surface area contributed by atoms with Crippen LogP contribution in [0.25, 0.3) is 10.9 Å². The molecular formula is C26H25N3O4. The number of nitro groups is 1. The van der Waals surface area contributed by atoms with Crippen LogP contribution in [-0.4, -0.2) is 39.9 Å². The molecule has 3 aliphatic rings. The quantitative estimate of drug-likeness (QED) is 0.232. The Morgan fingerprint density at radius 3 is 2.85 bits per heavy atom. The van der Waals surface area contributed by atoms with E-state index in [4.69, 9.17) is 4.74 Å². The average Bonchev–Trinajstić information content (AvgIpc) is 2.87. The number of nitrogens with zero attached hydrogens (tertiary/aromatic N) is 3. The highest BCUT2D eigenvalue weighted by atomic mass is 16.6. The number of pyridine rings is 1. The van der Waals surface area contributed by atoms with Gasteiger partial charge in [-0.25, -0.2) is 4.79 Å². The number of benzene rings is 2. The molecule has 168 valence electrons. The van der Waals surface area contributed by atoms with E-state index in [0.717, 1.165) is 42.4 Å². The van der Waals surface area contributed by atoms with Crippen molar-refractivity contribution in [1.82, 2.24) is 9.88 Å². The minimum absolute atomic E-state index is 0.0217. The number of non-ortho nitro benzene ring substituents is 1. The molecule has 7 nitrogen and oxygen atoms in total. The molecule has 3 saturated heterocycles. The molecular weight excluding hydrogens is 418 g/mol. The average molecular weight is 444 g/mol. The van der Waals surface area contributed by atoms with Crippen LogP contribution < -0.4 is 0 Å². The number of piperidine rings is 3. The zero-order chi connectivity index (χ0) is 22.9. The molecule has 2 aromatic carbocycles. The van der Waals surface area contributed by atoms with Gasteiger partial charge in [0.2, 0.25) is 0 Å². The van der Waals surface area contributed by atoms with Crippen molar-refractivity contribution in [3.63, 3.8) is 0 Å². The molecule has 5 atom stereocenters. The van der Waals surface area contributed by atoms with Gasteiger partial charge in [-0.05, 0) is 49.4 Å². The summed E-state index contributed by atoms with van der Waals surface area (Å²) in [4.78, 5) is 30.8. The SMILES string of the molecule is C=C[C@H]1CN2CC[C@@H]1C[C@@H]2[C@@H](OC(=O)c1cccc([N+](=O)[O-])c1)c1ccnc2ccccc12. The number of carbonyl (C=O) groups is 1. The highest BCUT2D eigenvalue weighted by Crippen LogP contribution is 2.43. The molecule has 0 N–H and O–H groups in total. The molecule has 0 amide bonds. The molecule has 0 aliphatic carbocycles.